The number of terminal acetylenes is 1. The van der Waals surface area contributed by atoms with Crippen LogP contribution in [0.15, 0.2) is 30.3 Å². The molecule has 0 bridgehead atoms. The van der Waals surface area contributed by atoms with Crippen LogP contribution in [0.25, 0.3) is 0 Å². The lowest BCUT2D eigenvalue weighted by atomic mass is 10.1. The average molecular weight is 271 g/mol. The molecule has 1 heterocycles. The van der Waals surface area contributed by atoms with Crippen molar-refractivity contribution in [2.45, 2.75) is 6.04 Å². The zero-order valence-corrected chi connectivity index (χ0v) is 11.9. The topological polar surface area (TPSA) is 35.6 Å². The largest absolute Gasteiger partial charge is 0.339 e. The summed E-state index contributed by atoms with van der Waals surface area (Å²) in [4.78, 5) is 16.1. The summed E-state index contributed by atoms with van der Waals surface area (Å²) in [5.41, 5.74) is 1.05. The van der Waals surface area contributed by atoms with Crippen molar-refractivity contribution in [1.29, 1.82) is 0 Å². The van der Waals surface area contributed by atoms with Crippen molar-refractivity contribution >= 4 is 5.91 Å². The molecule has 1 aromatic carbocycles. The minimum Gasteiger partial charge on any atom is -0.339 e. The highest BCUT2D eigenvalue weighted by molar-refractivity contribution is 5.78. The third kappa shape index (κ3) is 3.60. The fraction of sp³-hybridized carbons (Fsp3) is 0.438. The number of rotatable bonds is 4. The maximum absolute atomic E-state index is 12.2. The molecule has 1 aliphatic rings. The fourth-order valence-electron chi connectivity index (χ4n) is 2.43. The van der Waals surface area contributed by atoms with Crippen molar-refractivity contribution < 1.29 is 4.79 Å². The van der Waals surface area contributed by atoms with Gasteiger partial charge in [0.05, 0.1) is 12.6 Å². The molecule has 0 aliphatic carbocycles. The number of carbonyl (C=O) groups is 1. The molecule has 0 radical (unpaired) electrons. The highest BCUT2D eigenvalue weighted by Crippen LogP contribution is 2.18. The predicted octanol–water partition coefficient (Wildman–Crippen LogP) is 0.724. The molecule has 0 saturated carbocycles. The molecule has 1 fully saturated rings. The molecule has 1 aliphatic heterocycles. The first-order valence-corrected chi connectivity index (χ1v) is 6.92. The van der Waals surface area contributed by atoms with E-state index in [2.05, 4.69) is 11.2 Å². The first-order valence-electron chi connectivity index (χ1n) is 6.92. The summed E-state index contributed by atoms with van der Waals surface area (Å²) < 4.78 is 0. The van der Waals surface area contributed by atoms with E-state index in [1.165, 1.54) is 0 Å². The van der Waals surface area contributed by atoms with E-state index in [9.17, 15) is 4.79 Å². The number of amides is 1. The number of likely N-dealkylation sites (N-methyl/N-ethyl adjacent to an activating group) is 1. The highest BCUT2D eigenvalue weighted by atomic mass is 16.2. The molecule has 0 spiro atoms. The molecule has 0 aromatic heterocycles. The first kappa shape index (κ1) is 14.6. The second kappa shape index (κ2) is 7.09. The maximum atomic E-state index is 12.2. The Hall–Kier alpha value is -1.83. The van der Waals surface area contributed by atoms with Gasteiger partial charge in [-0.05, 0) is 12.6 Å². The van der Waals surface area contributed by atoms with Crippen LogP contribution in [0.5, 0.6) is 0 Å². The van der Waals surface area contributed by atoms with Crippen molar-refractivity contribution in [3.8, 4) is 12.3 Å². The van der Waals surface area contributed by atoms with Crippen molar-refractivity contribution in [2.75, 3.05) is 39.8 Å². The quantitative estimate of drug-likeness (QED) is 0.820. The standard InChI is InChI=1S/C16H21N3O/c1-3-15(14-7-5-4-6-8-14)18(2)13-16(20)19-11-9-17-10-12-19/h1,4-8,15,17H,9-13H2,2H3/t15-/m1/s1. The molecule has 4 heteroatoms. The monoisotopic (exact) mass is 271 g/mol. The highest BCUT2D eigenvalue weighted by Gasteiger charge is 2.21. The fourth-order valence-corrected chi connectivity index (χ4v) is 2.43. The van der Waals surface area contributed by atoms with Gasteiger partial charge in [0.2, 0.25) is 5.91 Å². The Morgan fingerprint density at radius 2 is 2.05 bits per heavy atom. The summed E-state index contributed by atoms with van der Waals surface area (Å²) in [7, 11) is 1.90. The Morgan fingerprint density at radius 3 is 2.65 bits per heavy atom. The van der Waals surface area contributed by atoms with Crippen LogP contribution in [0.1, 0.15) is 11.6 Å². The molecule has 20 heavy (non-hydrogen) atoms. The van der Waals surface area contributed by atoms with Crippen LogP contribution in [0.3, 0.4) is 0 Å². The second-order valence-corrected chi connectivity index (χ2v) is 5.03. The lowest BCUT2D eigenvalue weighted by Gasteiger charge is -2.30. The minimum absolute atomic E-state index is 0.144. The van der Waals surface area contributed by atoms with Gasteiger partial charge in [0.1, 0.15) is 0 Å². The summed E-state index contributed by atoms with van der Waals surface area (Å²) >= 11 is 0. The van der Waals surface area contributed by atoms with Gasteiger partial charge in [-0.25, -0.2) is 0 Å². The third-order valence-corrected chi connectivity index (χ3v) is 3.57. The molecule has 1 saturated heterocycles. The lowest BCUT2D eigenvalue weighted by molar-refractivity contribution is -0.132. The van der Waals surface area contributed by atoms with Crippen LogP contribution in [-0.4, -0.2) is 55.5 Å². The van der Waals surface area contributed by atoms with Crippen LogP contribution >= 0.6 is 0 Å². The van der Waals surface area contributed by atoms with Gasteiger partial charge in [0.15, 0.2) is 0 Å². The molecule has 2 rings (SSSR count). The Morgan fingerprint density at radius 1 is 1.40 bits per heavy atom. The van der Waals surface area contributed by atoms with E-state index in [0.717, 1.165) is 31.7 Å². The van der Waals surface area contributed by atoms with Gasteiger partial charge >= 0.3 is 0 Å². The SMILES string of the molecule is C#C[C@H](c1ccccc1)N(C)CC(=O)N1CCNCC1. The van der Waals surface area contributed by atoms with Crippen LogP contribution in [0.2, 0.25) is 0 Å². The number of nitrogens with zero attached hydrogens (tertiary/aromatic N) is 2. The molecule has 4 nitrogen and oxygen atoms in total. The van der Waals surface area contributed by atoms with Crippen molar-refractivity contribution in [3.05, 3.63) is 35.9 Å². The predicted molar refractivity (Wildman–Crippen MR) is 80.1 cm³/mol. The average Bonchev–Trinajstić information content (AvgIpc) is 2.50. The maximum Gasteiger partial charge on any atom is 0.236 e. The molecule has 1 aromatic rings. The van der Waals surface area contributed by atoms with E-state index in [4.69, 9.17) is 6.42 Å². The molecule has 1 amide bonds. The number of hydrogen-bond acceptors (Lipinski definition) is 3. The number of carbonyl (C=O) groups excluding carboxylic acids is 1. The van der Waals surface area contributed by atoms with Gasteiger partial charge in [0, 0.05) is 26.2 Å². The summed E-state index contributed by atoms with van der Waals surface area (Å²) in [6, 6.07) is 9.72. The van der Waals surface area contributed by atoms with Gasteiger partial charge in [-0.15, -0.1) is 6.42 Å². The van der Waals surface area contributed by atoms with E-state index in [-0.39, 0.29) is 11.9 Å². The van der Waals surface area contributed by atoms with E-state index in [1.54, 1.807) is 0 Å². The Bertz CT molecular complexity index is 474. The van der Waals surface area contributed by atoms with E-state index in [0.29, 0.717) is 6.54 Å². The molecule has 106 valence electrons. The van der Waals surface area contributed by atoms with Gasteiger partial charge in [-0.3, -0.25) is 9.69 Å². The van der Waals surface area contributed by atoms with Crippen LogP contribution in [0.4, 0.5) is 0 Å². The number of hydrogen-bond donors (Lipinski definition) is 1. The summed E-state index contributed by atoms with van der Waals surface area (Å²) in [6.07, 6.45) is 5.63. The Balaban J connectivity index is 1.97. The third-order valence-electron chi connectivity index (χ3n) is 3.57. The number of benzene rings is 1. The lowest BCUT2D eigenvalue weighted by Crippen LogP contribution is -2.49. The first-order chi connectivity index (χ1) is 9.72. The molecule has 1 N–H and O–H groups in total. The van der Waals surface area contributed by atoms with Crippen LogP contribution in [0, 0.1) is 12.3 Å². The van der Waals surface area contributed by atoms with E-state index >= 15 is 0 Å². The molecule has 0 unspecified atom stereocenters. The van der Waals surface area contributed by atoms with Gasteiger partial charge in [-0.1, -0.05) is 36.3 Å². The Labute approximate surface area is 120 Å². The van der Waals surface area contributed by atoms with Crippen molar-refractivity contribution in [3.63, 3.8) is 0 Å². The second-order valence-electron chi connectivity index (χ2n) is 5.03. The summed E-state index contributed by atoms with van der Waals surface area (Å²) in [5.74, 6) is 2.91. The molecule has 1 atom stereocenters. The number of nitrogens with one attached hydrogen (secondary N) is 1. The van der Waals surface area contributed by atoms with Gasteiger partial charge in [-0.2, -0.15) is 0 Å². The summed E-state index contributed by atoms with van der Waals surface area (Å²) in [5, 5.41) is 3.24. The summed E-state index contributed by atoms with van der Waals surface area (Å²) in [6.45, 7) is 3.64. The zero-order valence-electron chi connectivity index (χ0n) is 11.9. The number of piperazine rings is 1. The van der Waals surface area contributed by atoms with E-state index < -0.39 is 0 Å². The zero-order chi connectivity index (χ0) is 14.4. The van der Waals surface area contributed by atoms with Crippen molar-refractivity contribution in [1.82, 2.24) is 15.1 Å². The molecular weight excluding hydrogens is 250 g/mol. The minimum atomic E-state index is -0.164. The Kier molecular flexibility index (Phi) is 5.16. The van der Waals surface area contributed by atoms with E-state index in [1.807, 2.05) is 47.2 Å². The van der Waals surface area contributed by atoms with Crippen LogP contribution in [-0.2, 0) is 4.79 Å². The normalized spacial score (nSPS) is 16.8. The smallest absolute Gasteiger partial charge is 0.236 e. The van der Waals surface area contributed by atoms with Gasteiger partial charge < -0.3 is 10.2 Å². The van der Waals surface area contributed by atoms with Crippen LogP contribution < -0.4 is 5.32 Å². The van der Waals surface area contributed by atoms with Gasteiger partial charge in [0.25, 0.3) is 0 Å². The molecular formula is C16H21N3O. The van der Waals surface area contributed by atoms with Crippen molar-refractivity contribution in [2.24, 2.45) is 0 Å².